The normalized spacial score (nSPS) is 12.5. The lowest BCUT2D eigenvalue weighted by Crippen LogP contribution is -2.24. The van der Waals surface area contributed by atoms with E-state index >= 15 is 0 Å². The number of carbonyl (C=O) groups excluding carboxylic acids is 1. The third kappa shape index (κ3) is 4.67. The van der Waals surface area contributed by atoms with Gasteiger partial charge in [0.15, 0.2) is 0 Å². The molecular weight excluding hydrogens is 339 g/mol. The molecule has 24 heavy (non-hydrogen) atoms. The number of carbonyl (C=O) groups is 1. The lowest BCUT2D eigenvalue weighted by Gasteiger charge is -2.16. The van der Waals surface area contributed by atoms with Crippen LogP contribution in [0.15, 0.2) is 53.4 Å². The van der Waals surface area contributed by atoms with Crippen molar-refractivity contribution in [3.05, 3.63) is 54.1 Å². The van der Waals surface area contributed by atoms with E-state index in [0.717, 1.165) is 11.0 Å². The van der Waals surface area contributed by atoms with E-state index in [1.54, 1.807) is 38.3 Å². The molecule has 3 nitrogen and oxygen atoms in total. The number of halogens is 3. The molecule has 0 bridgehead atoms. The van der Waals surface area contributed by atoms with Crippen LogP contribution in [0.1, 0.15) is 12.5 Å². The van der Waals surface area contributed by atoms with Crippen LogP contribution in [0.25, 0.3) is 0 Å². The minimum Gasteiger partial charge on any atom is -0.497 e. The first-order valence-electron chi connectivity index (χ1n) is 7.09. The number of hydrogen-bond donors (Lipinski definition) is 1. The third-order valence-electron chi connectivity index (χ3n) is 3.23. The van der Waals surface area contributed by atoms with E-state index in [-0.39, 0.29) is 5.69 Å². The van der Waals surface area contributed by atoms with Gasteiger partial charge in [-0.05, 0) is 43.3 Å². The summed E-state index contributed by atoms with van der Waals surface area (Å²) >= 11 is 1.25. The quantitative estimate of drug-likeness (QED) is 0.781. The fourth-order valence-corrected chi connectivity index (χ4v) is 2.85. The molecule has 7 heteroatoms. The highest BCUT2D eigenvalue weighted by Gasteiger charge is 2.33. The molecule has 1 unspecified atom stereocenters. The van der Waals surface area contributed by atoms with Crippen LogP contribution in [0.3, 0.4) is 0 Å². The molecule has 128 valence electrons. The number of thioether (sulfide) groups is 1. The van der Waals surface area contributed by atoms with Crippen LogP contribution < -0.4 is 10.1 Å². The van der Waals surface area contributed by atoms with E-state index in [4.69, 9.17) is 4.74 Å². The number of methoxy groups -OCH3 is 1. The number of para-hydroxylation sites is 1. The molecule has 0 saturated carbocycles. The highest BCUT2D eigenvalue weighted by atomic mass is 32.2. The lowest BCUT2D eigenvalue weighted by molar-refractivity contribution is -0.137. The van der Waals surface area contributed by atoms with E-state index in [2.05, 4.69) is 5.32 Å². The molecule has 0 radical (unpaired) electrons. The van der Waals surface area contributed by atoms with Crippen molar-refractivity contribution in [1.82, 2.24) is 0 Å². The predicted octanol–water partition coefficient (Wildman–Crippen LogP) is 4.83. The maximum Gasteiger partial charge on any atom is 0.418 e. The highest BCUT2D eigenvalue weighted by Crippen LogP contribution is 2.35. The number of anilines is 1. The van der Waals surface area contributed by atoms with Crippen LogP contribution >= 0.6 is 11.8 Å². The fourth-order valence-electron chi connectivity index (χ4n) is 1.99. The fraction of sp³-hybridized carbons (Fsp3) is 0.235. The van der Waals surface area contributed by atoms with Gasteiger partial charge in [-0.25, -0.2) is 0 Å². The Labute approximate surface area is 142 Å². The Kier molecular flexibility index (Phi) is 5.77. The van der Waals surface area contributed by atoms with E-state index in [1.807, 2.05) is 0 Å². The van der Waals surface area contributed by atoms with Gasteiger partial charge in [0.2, 0.25) is 5.91 Å². The van der Waals surface area contributed by atoms with Crippen LogP contribution in [-0.2, 0) is 11.0 Å². The number of nitrogens with one attached hydrogen (secondary N) is 1. The summed E-state index contributed by atoms with van der Waals surface area (Å²) in [6.07, 6.45) is -4.52. The van der Waals surface area contributed by atoms with Gasteiger partial charge in [0.25, 0.3) is 0 Å². The maximum absolute atomic E-state index is 12.9. The summed E-state index contributed by atoms with van der Waals surface area (Å²) in [6, 6.07) is 12.0. The SMILES string of the molecule is COc1ccc(SC(C)C(=O)Nc2ccccc2C(F)(F)F)cc1. The number of alkyl halides is 3. The van der Waals surface area contributed by atoms with Crippen molar-refractivity contribution in [3.8, 4) is 5.75 Å². The second kappa shape index (κ2) is 7.61. The maximum atomic E-state index is 12.9. The first-order valence-corrected chi connectivity index (χ1v) is 7.97. The monoisotopic (exact) mass is 355 g/mol. The Balaban J connectivity index is 2.06. The summed E-state index contributed by atoms with van der Waals surface area (Å²) in [4.78, 5) is 13.0. The van der Waals surface area contributed by atoms with Crippen LogP contribution in [0.2, 0.25) is 0 Å². The molecule has 2 rings (SSSR count). The topological polar surface area (TPSA) is 38.3 Å². The summed E-state index contributed by atoms with van der Waals surface area (Å²) in [5.41, 5.74) is -1.10. The van der Waals surface area contributed by atoms with Crippen LogP contribution in [0.5, 0.6) is 5.75 Å². The molecule has 0 aromatic heterocycles. The number of hydrogen-bond acceptors (Lipinski definition) is 3. The third-order valence-corrected chi connectivity index (χ3v) is 4.34. The molecular formula is C17H16F3NO2S. The molecule has 0 aliphatic heterocycles. The highest BCUT2D eigenvalue weighted by molar-refractivity contribution is 8.00. The number of rotatable bonds is 5. The Morgan fingerprint density at radius 2 is 1.75 bits per heavy atom. The van der Waals surface area contributed by atoms with E-state index in [1.165, 1.54) is 30.0 Å². The molecule has 2 aromatic rings. The largest absolute Gasteiger partial charge is 0.497 e. The summed E-state index contributed by atoms with van der Waals surface area (Å²) in [5.74, 6) is 0.197. The average molecular weight is 355 g/mol. The van der Waals surface area contributed by atoms with Gasteiger partial charge in [-0.1, -0.05) is 12.1 Å². The molecule has 0 fully saturated rings. The number of benzene rings is 2. The zero-order valence-corrected chi connectivity index (χ0v) is 13.9. The summed E-state index contributed by atoms with van der Waals surface area (Å²) < 4.78 is 43.9. The molecule has 2 aromatic carbocycles. The van der Waals surface area contributed by atoms with Crippen LogP contribution in [0.4, 0.5) is 18.9 Å². The van der Waals surface area contributed by atoms with Crippen molar-refractivity contribution in [3.63, 3.8) is 0 Å². The Morgan fingerprint density at radius 1 is 1.12 bits per heavy atom. The van der Waals surface area contributed by atoms with Crippen LogP contribution in [-0.4, -0.2) is 18.3 Å². The van der Waals surface area contributed by atoms with Gasteiger partial charge >= 0.3 is 6.18 Å². The Morgan fingerprint density at radius 3 is 2.33 bits per heavy atom. The van der Waals surface area contributed by atoms with Gasteiger partial charge in [-0.15, -0.1) is 11.8 Å². The predicted molar refractivity (Wildman–Crippen MR) is 88.4 cm³/mol. The van der Waals surface area contributed by atoms with Crippen LogP contribution in [0, 0.1) is 0 Å². The molecule has 1 amide bonds. The van der Waals surface area contributed by atoms with E-state index in [0.29, 0.717) is 5.75 Å². The van der Waals surface area contributed by atoms with Crippen molar-refractivity contribution >= 4 is 23.4 Å². The van der Waals surface area contributed by atoms with Gasteiger partial charge in [0, 0.05) is 4.90 Å². The van der Waals surface area contributed by atoms with E-state index < -0.39 is 22.9 Å². The zero-order valence-electron chi connectivity index (χ0n) is 13.1. The van der Waals surface area contributed by atoms with Crippen molar-refractivity contribution in [1.29, 1.82) is 0 Å². The summed E-state index contributed by atoms with van der Waals surface area (Å²) in [6.45, 7) is 1.64. The molecule has 0 saturated heterocycles. The Bertz CT molecular complexity index is 702. The molecule has 0 heterocycles. The second-order valence-corrected chi connectivity index (χ2v) is 6.38. The van der Waals surface area contributed by atoms with Gasteiger partial charge in [0.05, 0.1) is 23.6 Å². The summed E-state index contributed by atoms with van der Waals surface area (Å²) in [7, 11) is 1.55. The Hall–Kier alpha value is -2.15. The minimum absolute atomic E-state index is 0.239. The first-order chi connectivity index (χ1) is 11.3. The van der Waals surface area contributed by atoms with E-state index in [9.17, 15) is 18.0 Å². The lowest BCUT2D eigenvalue weighted by atomic mass is 10.1. The van der Waals surface area contributed by atoms with Crippen molar-refractivity contribution in [2.75, 3.05) is 12.4 Å². The van der Waals surface area contributed by atoms with Gasteiger partial charge < -0.3 is 10.1 Å². The van der Waals surface area contributed by atoms with Crippen molar-refractivity contribution in [2.45, 2.75) is 23.2 Å². The molecule has 1 atom stereocenters. The second-order valence-electron chi connectivity index (χ2n) is 4.97. The molecule has 0 spiro atoms. The van der Waals surface area contributed by atoms with Gasteiger partial charge in [-0.3, -0.25) is 4.79 Å². The number of ether oxygens (including phenoxy) is 1. The summed E-state index contributed by atoms with van der Waals surface area (Å²) in [5, 5.41) is 1.80. The van der Waals surface area contributed by atoms with Gasteiger partial charge in [0.1, 0.15) is 5.75 Å². The minimum atomic E-state index is -4.52. The van der Waals surface area contributed by atoms with Crippen molar-refractivity contribution in [2.24, 2.45) is 0 Å². The first kappa shape index (κ1) is 18.2. The zero-order chi connectivity index (χ0) is 17.7. The van der Waals surface area contributed by atoms with Crippen molar-refractivity contribution < 1.29 is 22.7 Å². The number of amides is 1. The molecule has 0 aliphatic carbocycles. The molecule has 0 aliphatic rings. The standard InChI is InChI=1S/C17H16F3NO2S/c1-11(24-13-9-7-12(23-2)8-10-13)16(22)21-15-6-4-3-5-14(15)17(18,19)20/h3-11H,1-2H3,(H,21,22). The van der Waals surface area contributed by atoms with Gasteiger partial charge in [-0.2, -0.15) is 13.2 Å². The smallest absolute Gasteiger partial charge is 0.418 e. The molecule has 1 N–H and O–H groups in total. The average Bonchev–Trinajstić information content (AvgIpc) is 2.55.